The van der Waals surface area contributed by atoms with E-state index in [0.717, 1.165) is 53.9 Å². The van der Waals surface area contributed by atoms with Crippen molar-refractivity contribution >= 4 is 41.7 Å². The molecule has 0 bridgehead atoms. The average molecular weight is 736 g/mol. The van der Waals surface area contributed by atoms with Crippen LogP contribution in [0.5, 0.6) is 0 Å². The highest BCUT2D eigenvalue weighted by atomic mass is 35.5. The second kappa shape index (κ2) is 17.8. The summed E-state index contributed by atoms with van der Waals surface area (Å²) in [5, 5.41) is 8.00. The minimum atomic E-state index is -0.345. The molecule has 1 atom stereocenters. The van der Waals surface area contributed by atoms with Crippen LogP contribution in [0.3, 0.4) is 0 Å². The van der Waals surface area contributed by atoms with E-state index in [1.165, 1.54) is 36.7 Å². The maximum Gasteiger partial charge on any atom is 0.277 e. The summed E-state index contributed by atoms with van der Waals surface area (Å²) < 4.78 is 15.3. The number of hydrogen-bond donors (Lipinski definition) is 1. The highest BCUT2D eigenvalue weighted by molar-refractivity contribution is 7.98. The number of halogens is 3. The fourth-order valence-electron chi connectivity index (χ4n) is 6.12. The van der Waals surface area contributed by atoms with Crippen LogP contribution in [0.4, 0.5) is 4.39 Å². The molecule has 3 heterocycles. The van der Waals surface area contributed by atoms with Gasteiger partial charge in [-0.05, 0) is 91.0 Å². The van der Waals surface area contributed by atoms with E-state index in [9.17, 15) is 14.0 Å². The molecule has 5 aromatic rings. The number of rotatable bonds is 14. The fourth-order valence-corrected chi connectivity index (χ4v) is 7.16. The van der Waals surface area contributed by atoms with E-state index in [2.05, 4.69) is 44.3 Å². The Balaban J connectivity index is 0.00000486. The van der Waals surface area contributed by atoms with Crippen LogP contribution in [0.25, 0.3) is 11.1 Å². The summed E-state index contributed by atoms with van der Waals surface area (Å²) in [5.74, 6) is -0.167. The quantitative estimate of drug-likeness (QED) is 0.0926. The third-order valence-electron chi connectivity index (χ3n) is 9.02. The van der Waals surface area contributed by atoms with Crippen LogP contribution in [0, 0.1) is 5.82 Å². The minimum Gasteiger partial charge on any atom is -0.337 e. The first-order valence-electron chi connectivity index (χ1n) is 16.6. The first kappa shape index (κ1) is 37.3. The zero-order valence-corrected chi connectivity index (χ0v) is 30.3. The molecule has 1 fully saturated rings. The lowest BCUT2D eigenvalue weighted by Crippen LogP contribution is -2.36. The van der Waals surface area contributed by atoms with Crippen LogP contribution in [0.15, 0.2) is 101 Å². The lowest BCUT2D eigenvalue weighted by molar-refractivity contribution is -0.132. The molecule has 1 saturated heterocycles. The molecular formula is C38H41Cl2FN6O2S. The number of aromatic nitrogens is 4. The van der Waals surface area contributed by atoms with E-state index in [1.807, 2.05) is 36.1 Å². The van der Waals surface area contributed by atoms with Gasteiger partial charge in [-0.2, -0.15) is 10.1 Å². The maximum absolute atomic E-state index is 14.2. The van der Waals surface area contributed by atoms with Crippen LogP contribution >= 0.6 is 35.8 Å². The minimum absolute atomic E-state index is 0. The molecule has 3 aromatic carbocycles. The summed E-state index contributed by atoms with van der Waals surface area (Å²) in [7, 11) is 0. The lowest BCUT2D eigenvalue weighted by atomic mass is 9.98. The van der Waals surface area contributed by atoms with Crippen molar-refractivity contribution in [2.75, 3.05) is 26.2 Å². The van der Waals surface area contributed by atoms with Gasteiger partial charge in [0.1, 0.15) is 12.4 Å². The monoisotopic (exact) mass is 734 g/mol. The third kappa shape index (κ3) is 9.84. The Morgan fingerprint density at radius 2 is 1.66 bits per heavy atom. The van der Waals surface area contributed by atoms with E-state index in [1.54, 1.807) is 35.3 Å². The number of nitrogens with one attached hydrogen (secondary N) is 1. The number of likely N-dealkylation sites (tertiary alicyclic amines) is 1. The smallest absolute Gasteiger partial charge is 0.277 e. The van der Waals surface area contributed by atoms with Gasteiger partial charge in [-0.3, -0.25) is 14.7 Å². The summed E-state index contributed by atoms with van der Waals surface area (Å²) in [4.78, 5) is 36.4. The van der Waals surface area contributed by atoms with Gasteiger partial charge in [0.2, 0.25) is 5.91 Å². The van der Waals surface area contributed by atoms with Crippen LogP contribution < -0.4 is 5.56 Å². The number of thioether (sulfide) groups is 1. The Hall–Kier alpha value is -3.96. The molecule has 12 heteroatoms. The van der Waals surface area contributed by atoms with Gasteiger partial charge in [0.25, 0.3) is 5.56 Å². The third-order valence-corrected chi connectivity index (χ3v) is 10.3. The summed E-state index contributed by atoms with van der Waals surface area (Å²) in [6.45, 7) is 6.19. The van der Waals surface area contributed by atoms with Gasteiger partial charge in [0.15, 0.2) is 5.16 Å². The molecule has 2 aromatic heterocycles. The molecule has 6 rings (SSSR count). The Morgan fingerprint density at radius 3 is 2.32 bits per heavy atom. The van der Waals surface area contributed by atoms with Crippen molar-refractivity contribution in [1.29, 1.82) is 0 Å². The number of H-pyrrole nitrogens is 1. The molecule has 262 valence electrons. The Morgan fingerprint density at radius 1 is 1.00 bits per heavy atom. The van der Waals surface area contributed by atoms with Gasteiger partial charge >= 0.3 is 0 Å². The Bertz CT molecular complexity index is 1880. The zero-order valence-electron chi connectivity index (χ0n) is 27.9. The second-order valence-corrected chi connectivity index (χ2v) is 13.9. The van der Waals surface area contributed by atoms with Crippen molar-refractivity contribution in [3.63, 3.8) is 0 Å². The average Bonchev–Trinajstić information content (AvgIpc) is 3.84. The normalized spacial score (nSPS) is 13.6. The summed E-state index contributed by atoms with van der Waals surface area (Å²) in [6.07, 6.45) is 8.53. The van der Waals surface area contributed by atoms with Crippen LogP contribution in [-0.2, 0) is 23.6 Å². The largest absolute Gasteiger partial charge is 0.337 e. The van der Waals surface area contributed by atoms with E-state index in [-0.39, 0.29) is 42.2 Å². The summed E-state index contributed by atoms with van der Waals surface area (Å²) >= 11 is 7.44. The van der Waals surface area contributed by atoms with Crippen molar-refractivity contribution in [2.45, 2.75) is 56.1 Å². The number of benzene rings is 3. The molecule has 50 heavy (non-hydrogen) atoms. The van der Waals surface area contributed by atoms with Crippen molar-refractivity contribution < 1.29 is 9.18 Å². The maximum atomic E-state index is 14.2. The molecule has 1 amide bonds. The Kier molecular flexibility index (Phi) is 13.3. The predicted molar refractivity (Wildman–Crippen MR) is 200 cm³/mol. The van der Waals surface area contributed by atoms with Crippen LogP contribution in [0.2, 0.25) is 5.02 Å². The van der Waals surface area contributed by atoms with Gasteiger partial charge in [-0.1, -0.05) is 78.8 Å². The molecule has 0 spiro atoms. The SMILES string of the molecule is CC(c1cn[nH]c1)c1cn(CC(=O)N(CCCN2CCCC2)Cc2ccc(-c3ccc(Cl)cc3)cc2)c(SCc2ccc(F)cc2)nc1=O.Cl. The van der Waals surface area contributed by atoms with Crippen LogP contribution in [-0.4, -0.2) is 61.6 Å². The predicted octanol–water partition coefficient (Wildman–Crippen LogP) is 7.81. The number of hydrogen-bond acceptors (Lipinski definition) is 6. The number of nitrogens with zero attached hydrogens (tertiary/aromatic N) is 5. The van der Waals surface area contributed by atoms with Gasteiger partial charge in [0.05, 0.1) is 6.20 Å². The zero-order chi connectivity index (χ0) is 34.2. The highest BCUT2D eigenvalue weighted by Crippen LogP contribution is 2.26. The number of aromatic amines is 1. The van der Waals surface area contributed by atoms with E-state index >= 15 is 0 Å². The molecule has 1 aliphatic heterocycles. The molecular weight excluding hydrogens is 694 g/mol. The molecule has 0 saturated carbocycles. The standard InChI is InChI=1S/C38H40ClFN6O2S.ClH/c1-27(32-21-41-42-22-32)35-24-46(38(43-37(35)48)49-26-29-7-15-34(40)16-8-29)25-36(47)45(20-4-19-44-17-2-3-18-44)23-28-5-9-30(10-6-28)31-11-13-33(39)14-12-31;/h5-16,21-22,24,27H,2-4,17-20,23,25-26H2,1H3,(H,41,42);1H. The van der Waals surface area contributed by atoms with E-state index in [0.29, 0.717) is 34.6 Å². The van der Waals surface area contributed by atoms with Gasteiger partial charge < -0.3 is 14.4 Å². The number of carbonyl (C=O) groups excluding carboxylic acids is 1. The summed E-state index contributed by atoms with van der Waals surface area (Å²) in [6, 6.07) is 22.3. The lowest BCUT2D eigenvalue weighted by Gasteiger charge is -2.26. The van der Waals surface area contributed by atoms with Crippen molar-refractivity contribution in [2.24, 2.45) is 0 Å². The highest BCUT2D eigenvalue weighted by Gasteiger charge is 2.22. The van der Waals surface area contributed by atoms with Gasteiger partial charge in [-0.15, -0.1) is 12.4 Å². The first-order valence-corrected chi connectivity index (χ1v) is 18.0. The molecule has 8 nitrogen and oxygen atoms in total. The molecule has 1 aliphatic rings. The topological polar surface area (TPSA) is 87.1 Å². The van der Waals surface area contributed by atoms with Crippen molar-refractivity contribution in [3.05, 3.63) is 135 Å². The van der Waals surface area contributed by atoms with E-state index < -0.39 is 0 Å². The molecule has 1 N–H and O–H groups in total. The van der Waals surface area contributed by atoms with Gasteiger partial charge in [-0.25, -0.2) is 4.39 Å². The summed E-state index contributed by atoms with van der Waals surface area (Å²) in [5.41, 5.74) is 5.07. The molecule has 0 aliphatic carbocycles. The molecule has 0 radical (unpaired) electrons. The van der Waals surface area contributed by atoms with Gasteiger partial charge in [0, 0.05) is 47.7 Å². The fraction of sp³-hybridized carbons (Fsp3) is 0.316. The van der Waals surface area contributed by atoms with Crippen molar-refractivity contribution in [1.82, 2.24) is 29.5 Å². The number of amides is 1. The van der Waals surface area contributed by atoms with E-state index in [4.69, 9.17) is 11.6 Å². The van der Waals surface area contributed by atoms with Crippen LogP contribution in [0.1, 0.15) is 54.4 Å². The molecule has 1 unspecified atom stereocenters. The van der Waals surface area contributed by atoms with Crippen molar-refractivity contribution in [3.8, 4) is 11.1 Å². The number of carbonyl (C=O) groups is 1. The first-order chi connectivity index (χ1) is 23.8. The second-order valence-electron chi connectivity index (χ2n) is 12.5. The Labute approximate surface area is 307 Å².